The number of H-pyrrole nitrogens is 1. The number of anilines is 1. The molecule has 1 aliphatic rings. The molecule has 0 aromatic carbocycles. The second-order valence-electron chi connectivity index (χ2n) is 3.51. The number of hydrogen-bond acceptors (Lipinski definition) is 4. The Kier molecular flexibility index (Phi) is 1.87. The summed E-state index contributed by atoms with van der Waals surface area (Å²) in [7, 11) is 0. The summed E-state index contributed by atoms with van der Waals surface area (Å²) in [6.07, 6.45) is 1.06. The number of nitrogen functional groups attached to an aromatic ring is 1. The molecule has 14 heavy (non-hydrogen) atoms. The number of hydrogen-bond donors (Lipinski definition) is 2. The van der Waals surface area contributed by atoms with Crippen molar-refractivity contribution < 1.29 is 4.79 Å². The summed E-state index contributed by atoms with van der Waals surface area (Å²) in [5.74, 6) is 0.124. The highest BCUT2D eigenvalue weighted by molar-refractivity contribution is 5.87. The first kappa shape index (κ1) is 8.93. The molecule has 1 aromatic heterocycles. The number of carbonyl (C=O) groups is 1. The molecule has 0 fully saturated rings. The first-order valence-corrected chi connectivity index (χ1v) is 4.51. The van der Waals surface area contributed by atoms with Crippen molar-refractivity contribution >= 4 is 11.6 Å². The van der Waals surface area contributed by atoms with E-state index in [0.717, 1.165) is 5.56 Å². The highest BCUT2D eigenvalue weighted by Crippen LogP contribution is 2.28. The minimum absolute atomic E-state index is 0.138. The van der Waals surface area contributed by atoms with Gasteiger partial charge in [-0.2, -0.15) is 4.98 Å². The number of aromatic amines is 1. The highest BCUT2D eigenvalue weighted by atomic mass is 16.1. The van der Waals surface area contributed by atoms with E-state index < -0.39 is 5.69 Å². The lowest BCUT2D eigenvalue weighted by Crippen LogP contribution is -2.26. The van der Waals surface area contributed by atoms with Crippen molar-refractivity contribution in [2.75, 3.05) is 5.73 Å². The van der Waals surface area contributed by atoms with Crippen LogP contribution in [-0.4, -0.2) is 15.8 Å². The summed E-state index contributed by atoms with van der Waals surface area (Å²) in [6, 6.07) is 0. The number of Topliss-reactive ketones (excluding diaryl/α,β-unsaturated/α-hetero) is 1. The molecule has 1 heterocycles. The van der Waals surface area contributed by atoms with E-state index in [0.29, 0.717) is 18.5 Å². The Hall–Kier alpha value is -1.65. The average Bonchev–Trinajstić information content (AvgIpc) is 2.12. The third kappa shape index (κ3) is 1.21. The van der Waals surface area contributed by atoms with E-state index in [-0.39, 0.29) is 17.5 Å². The number of ketones is 1. The van der Waals surface area contributed by atoms with E-state index >= 15 is 0 Å². The fourth-order valence-electron chi connectivity index (χ4n) is 1.79. The topological polar surface area (TPSA) is 88.8 Å². The Bertz CT molecular complexity index is 450. The molecule has 1 aromatic rings. The van der Waals surface area contributed by atoms with Gasteiger partial charge in [0.05, 0.1) is 5.92 Å². The predicted molar refractivity (Wildman–Crippen MR) is 51.0 cm³/mol. The van der Waals surface area contributed by atoms with Crippen LogP contribution in [0.2, 0.25) is 0 Å². The molecule has 0 amide bonds. The van der Waals surface area contributed by atoms with Gasteiger partial charge in [-0.3, -0.25) is 4.79 Å². The van der Waals surface area contributed by atoms with Gasteiger partial charge in [-0.1, -0.05) is 0 Å². The van der Waals surface area contributed by atoms with Gasteiger partial charge in [-0.05, 0) is 13.3 Å². The molecule has 2 rings (SSSR count). The minimum Gasteiger partial charge on any atom is -0.383 e. The normalized spacial score (nSPS) is 20.6. The lowest BCUT2D eigenvalue weighted by molar-refractivity contribution is -0.120. The number of aromatic nitrogens is 2. The maximum atomic E-state index is 11.4. The largest absolute Gasteiger partial charge is 0.383 e. The zero-order valence-electron chi connectivity index (χ0n) is 7.83. The molecule has 0 aliphatic heterocycles. The van der Waals surface area contributed by atoms with Crippen LogP contribution < -0.4 is 11.4 Å². The Balaban J connectivity index is 2.65. The van der Waals surface area contributed by atoms with Crippen molar-refractivity contribution in [2.24, 2.45) is 0 Å². The number of carbonyl (C=O) groups excluding carboxylic acids is 1. The summed E-state index contributed by atoms with van der Waals surface area (Å²) in [5.41, 5.74) is 6.58. The van der Waals surface area contributed by atoms with E-state index in [1.807, 2.05) is 0 Å². The second-order valence-corrected chi connectivity index (χ2v) is 3.51. The lowest BCUT2D eigenvalue weighted by Gasteiger charge is -2.20. The Morgan fingerprint density at radius 3 is 2.86 bits per heavy atom. The zero-order valence-corrected chi connectivity index (χ0v) is 7.83. The smallest absolute Gasteiger partial charge is 0.347 e. The van der Waals surface area contributed by atoms with Crippen LogP contribution in [-0.2, 0) is 11.2 Å². The molecule has 0 saturated heterocycles. The lowest BCUT2D eigenvalue weighted by atomic mass is 9.87. The van der Waals surface area contributed by atoms with Gasteiger partial charge in [0.1, 0.15) is 11.6 Å². The van der Waals surface area contributed by atoms with Crippen molar-refractivity contribution in [3.05, 3.63) is 21.7 Å². The third-order valence-corrected chi connectivity index (χ3v) is 2.64. The average molecular weight is 193 g/mol. The van der Waals surface area contributed by atoms with E-state index in [4.69, 9.17) is 5.73 Å². The second kappa shape index (κ2) is 2.94. The van der Waals surface area contributed by atoms with Gasteiger partial charge >= 0.3 is 5.69 Å². The van der Waals surface area contributed by atoms with Gasteiger partial charge in [0.15, 0.2) is 0 Å². The number of nitrogens with two attached hydrogens (primary N) is 1. The molecule has 0 radical (unpaired) electrons. The Morgan fingerprint density at radius 1 is 1.43 bits per heavy atom. The third-order valence-electron chi connectivity index (χ3n) is 2.64. The van der Waals surface area contributed by atoms with Gasteiger partial charge in [-0.15, -0.1) is 0 Å². The van der Waals surface area contributed by atoms with Crippen molar-refractivity contribution in [3.8, 4) is 0 Å². The first-order chi connectivity index (χ1) is 6.59. The van der Waals surface area contributed by atoms with E-state index in [1.54, 1.807) is 6.92 Å². The van der Waals surface area contributed by atoms with Crippen LogP contribution in [0, 0.1) is 0 Å². The molecule has 74 valence electrons. The Morgan fingerprint density at radius 2 is 2.14 bits per heavy atom. The molecule has 5 nitrogen and oxygen atoms in total. The van der Waals surface area contributed by atoms with Crippen LogP contribution in [0.15, 0.2) is 4.79 Å². The van der Waals surface area contributed by atoms with E-state index in [2.05, 4.69) is 9.97 Å². The summed E-state index contributed by atoms with van der Waals surface area (Å²) in [5, 5.41) is 0. The molecule has 5 heteroatoms. The van der Waals surface area contributed by atoms with Gasteiger partial charge in [0.25, 0.3) is 0 Å². The first-order valence-electron chi connectivity index (χ1n) is 4.51. The molecule has 1 aliphatic carbocycles. The molecule has 0 saturated carbocycles. The summed E-state index contributed by atoms with van der Waals surface area (Å²) < 4.78 is 0. The van der Waals surface area contributed by atoms with Crippen molar-refractivity contribution in [3.63, 3.8) is 0 Å². The van der Waals surface area contributed by atoms with E-state index in [9.17, 15) is 9.59 Å². The molecular weight excluding hydrogens is 182 g/mol. The molecule has 3 N–H and O–H groups in total. The fraction of sp³-hybridized carbons (Fsp3) is 0.444. The quantitative estimate of drug-likeness (QED) is 0.605. The summed E-state index contributed by atoms with van der Waals surface area (Å²) >= 11 is 0. The predicted octanol–water partition coefficient (Wildman–Crippen LogP) is -0.0291. The van der Waals surface area contributed by atoms with Crippen LogP contribution in [0.25, 0.3) is 0 Å². The fourth-order valence-corrected chi connectivity index (χ4v) is 1.79. The number of rotatable bonds is 0. The van der Waals surface area contributed by atoms with Crippen LogP contribution in [0.1, 0.15) is 30.5 Å². The molecule has 0 spiro atoms. The number of nitrogens with one attached hydrogen (secondary N) is 1. The highest BCUT2D eigenvalue weighted by Gasteiger charge is 2.26. The molecule has 0 bridgehead atoms. The SMILES string of the molecule is CC1C(=O)CCc2c(N)nc(=O)[nH]c21. The molecular formula is C9H11N3O2. The van der Waals surface area contributed by atoms with E-state index in [1.165, 1.54) is 0 Å². The van der Waals surface area contributed by atoms with Crippen LogP contribution in [0.5, 0.6) is 0 Å². The van der Waals surface area contributed by atoms with Crippen molar-refractivity contribution in [2.45, 2.75) is 25.7 Å². The monoisotopic (exact) mass is 193 g/mol. The standard InChI is InChI=1S/C9H11N3O2/c1-4-6(13)3-2-5-7(4)11-9(14)12-8(5)10/h4H,2-3H2,1H3,(H3,10,11,12,14). The van der Waals surface area contributed by atoms with Gasteiger partial charge < -0.3 is 10.7 Å². The van der Waals surface area contributed by atoms with Gasteiger partial charge in [-0.25, -0.2) is 4.79 Å². The van der Waals surface area contributed by atoms with Crippen molar-refractivity contribution in [1.82, 2.24) is 9.97 Å². The van der Waals surface area contributed by atoms with Crippen LogP contribution in [0.4, 0.5) is 5.82 Å². The van der Waals surface area contributed by atoms with Gasteiger partial charge in [0.2, 0.25) is 0 Å². The van der Waals surface area contributed by atoms with Crippen molar-refractivity contribution in [1.29, 1.82) is 0 Å². The number of nitrogens with zero attached hydrogens (tertiary/aromatic N) is 1. The minimum atomic E-state index is -0.484. The van der Waals surface area contributed by atoms with Gasteiger partial charge in [0, 0.05) is 17.7 Å². The number of fused-ring (bicyclic) bond motifs is 1. The van der Waals surface area contributed by atoms with Crippen LogP contribution >= 0.6 is 0 Å². The molecule has 1 atom stereocenters. The summed E-state index contributed by atoms with van der Waals surface area (Å²) in [4.78, 5) is 28.6. The molecule has 1 unspecified atom stereocenters. The maximum absolute atomic E-state index is 11.4. The maximum Gasteiger partial charge on any atom is 0.347 e. The van der Waals surface area contributed by atoms with Crippen LogP contribution in [0.3, 0.4) is 0 Å². The summed E-state index contributed by atoms with van der Waals surface area (Å²) in [6.45, 7) is 1.77. The Labute approximate surface area is 80.4 Å². The zero-order chi connectivity index (χ0) is 10.3.